The quantitative estimate of drug-likeness (QED) is 0.629. The van der Waals surface area contributed by atoms with Crippen LogP contribution in [0.25, 0.3) is 11.4 Å². The van der Waals surface area contributed by atoms with Gasteiger partial charge in [-0.15, -0.1) is 0 Å². The maximum absolute atomic E-state index is 5.89. The van der Waals surface area contributed by atoms with Gasteiger partial charge in [-0.25, -0.2) is 9.77 Å². The first-order valence-corrected chi connectivity index (χ1v) is 5.55. The van der Waals surface area contributed by atoms with Gasteiger partial charge in [0.15, 0.2) is 5.82 Å². The minimum Gasteiger partial charge on any atom is -0.335 e. The highest BCUT2D eigenvalue weighted by atomic mass is 79.9. The van der Waals surface area contributed by atoms with E-state index in [0.717, 1.165) is 10.0 Å². The fraction of sp³-hybridized carbons (Fsp3) is 0. The van der Waals surface area contributed by atoms with Gasteiger partial charge in [0.05, 0.1) is 0 Å². The lowest BCUT2D eigenvalue weighted by Crippen LogP contribution is -2.10. The Morgan fingerprint density at radius 3 is 2.87 bits per heavy atom. The molecule has 0 amide bonds. The van der Waals surface area contributed by atoms with Gasteiger partial charge in [0.2, 0.25) is 4.77 Å². The van der Waals surface area contributed by atoms with Gasteiger partial charge >= 0.3 is 0 Å². The third-order valence-electron chi connectivity index (χ3n) is 1.87. The van der Waals surface area contributed by atoms with Gasteiger partial charge in [0.25, 0.3) is 0 Å². The van der Waals surface area contributed by atoms with Crippen LogP contribution in [-0.2, 0) is 0 Å². The van der Waals surface area contributed by atoms with Crippen molar-refractivity contribution in [3.05, 3.63) is 32.5 Å². The van der Waals surface area contributed by atoms with Crippen molar-refractivity contribution in [2.45, 2.75) is 0 Å². The van der Waals surface area contributed by atoms with E-state index in [-0.39, 0.29) is 0 Å². The van der Waals surface area contributed by atoms with Crippen molar-refractivity contribution >= 4 is 39.7 Å². The van der Waals surface area contributed by atoms with Crippen molar-refractivity contribution in [1.82, 2.24) is 14.9 Å². The van der Waals surface area contributed by atoms with Gasteiger partial charge in [-0.2, -0.15) is 5.10 Å². The van der Waals surface area contributed by atoms with Gasteiger partial charge in [0, 0.05) is 15.1 Å². The number of aromatic amines is 1. The van der Waals surface area contributed by atoms with E-state index in [1.54, 1.807) is 12.1 Å². The molecule has 0 aliphatic rings. The lowest BCUT2D eigenvalue weighted by atomic mass is 10.2. The van der Waals surface area contributed by atoms with Crippen LogP contribution >= 0.6 is 39.7 Å². The van der Waals surface area contributed by atoms with Crippen LogP contribution in [0.5, 0.6) is 0 Å². The Hall–Kier alpha value is -0.850. The molecule has 1 heterocycles. The molecule has 0 radical (unpaired) electrons. The maximum Gasteiger partial charge on any atom is 0.214 e. The Bertz CT molecular complexity index is 562. The van der Waals surface area contributed by atoms with E-state index < -0.39 is 0 Å². The van der Waals surface area contributed by atoms with E-state index in [9.17, 15) is 0 Å². The molecule has 2 aromatic rings. The van der Waals surface area contributed by atoms with Gasteiger partial charge < -0.3 is 5.84 Å². The topological polar surface area (TPSA) is 59.6 Å². The lowest BCUT2D eigenvalue weighted by molar-refractivity contribution is 0.983. The van der Waals surface area contributed by atoms with Gasteiger partial charge in [-0.05, 0) is 30.4 Å². The molecular weight excluding hydrogens is 300 g/mol. The molecule has 0 atom stereocenters. The highest BCUT2D eigenvalue weighted by molar-refractivity contribution is 9.10. The van der Waals surface area contributed by atoms with Crippen LogP contribution in [0.15, 0.2) is 22.7 Å². The Morgan fingerprint density at radius 2 is 2.27 bits per heavy atom. The molecule has 0 bridgehead atoms. The minimum atomic E-state index is 0.358. The van der Waals surface area contributed by atoms with E-state index in [4.69, 9.17) is 29.7 Å². The van der Waals surface area contributed by atoms with E-state index in [1.807, 2.05) is 6.07 Å². The zero-order valence-corrected chi connectivity index (χ0v) is 10.5. The highest BCUT2D eigenvalue weighted by Gasteiger charge is 2.10. The molecule has 0 saturated heterocycles. The average Bonchev–Trinajstić information content (AvgIpc) is 2.52. The number of aromatic nitrogens is 3. The van der Waals surface area contributed by atoms with Crippen LogP contribution in [0.4, 0.5) is 0 Å². The van der Waals surface area contributed by atoms with Crippen LogP contribution in [0.2, 0.25) is 5.02 Å². The van der Waals surface area contributed by atoms with Crippen LogP contribution in [-0.4, -0.2) is 14.9 Å². The van der Waals surface area contributed by atoms with Crippen LogP contribution in [0.3, 0.4) is 0 Å². The van der Waals surface area contributed by atoms with Crippen molar-refractivity contribution in [2.75, 3.05) is 5.84 Å². The second kappa shape index (κ2) is 3.96. The van der Waals surface area contributed by atoms with E-state index in [1.165, 1.54) is 4.68 Å². The third kappa shape index (κ3) is 1.92. The first kappa shape index (κ1) is 10.7. The van der Waals surface area contributed by atoms with Gasteiger partial charge in [0.1, 0.15) is 0 Å². The summed E-state index contributed by atoms with van der Waals surface area (Å²) < 4.78 is 2.51. The Labute approximate surface area is 104 Å². The third-order valence-corrected chi connectivity index (χ3v) is 3.09. The summed E-state index contributed by atoms with van der Waals surface area (Å²) in [7, 11) is 0. The number of H-pyrrole nitrogens is 1. The second-order valence-corrected chi connectivity index (χ2v) is 4.52. The predicted molar refractivity (Wildman–Crippen MR) is 65.7 cm³/mol. The molecule has 15 heavy (non-hydrogen) atoms. The molecule has 0 aliphatic heterocycles. The highest BCUT2D eigenvalue weighted by Crippen LogP contribution is 2.28. The molecule has 0 unspecified atom stereocenters. The Kier molecular flexibility index (Phi) is 2.81. The van der Waals surface area contributed by atoms with Crippen molar-refractivity contribution in [3.63, 3.8) is 0 Å². The molecular formula is C8H6BrClN4S. The molecule has 78 valence electrons. The molecule has 1 aromatic carbocycles. The van der Waals surface area contributed by atoms with E-state index >= 15 is 0 Å². The molecule has 7 heteroatoms. The number of rotatable bonds is 1. The molecule has 1 aromatic heterocycles. The summed E-state index contributed by atoms with van der Waals surface area (Å²) in [6, 6.07) is 5.37. The predicted octanol–water partition coefficient (Wildman–Crippen LogP) is 2.74. The SMILES string of the molecule is Nn1c(-c2cc(Cl)ccc2Br)n[nH]c1=S. The average molecular weight is 306 g/mol. The summed E-state index contributed by atoms with van der Waals surface area (Å²) in [4.78, 5) is 0. The van der Waals surface area contributed by atoms with Gasteiger partial charge in [-0.3, -0.25) is 0 Å². The Balaban J connectivity index is 2.68. The maximum atomic E-state index is 5.89. The first-order chi connectivity index (χ1) is 7.09. The molecule has 2 rings (SSSR count). The standard InChI is InChI=1S/C8H6BrClN4S/c9-6-2-1-4(10)3-5(6)7-12-13-8(15)14(7)11/h1-3H,11H2,(H,13,15). The normalized spacial score (nSPS) is 10.5. The smallest absolute Gasteiger partial charge is 0.214 e. The zero-order chi connectivity index (χ0) is 11.0. The van der Waals surface area contributed by atoms with E-state index in [0.29, 0.717) is 15.6 Å². The summed E-state index contributed by atoms with van der Waals surface area (Å²) in [6.45, 7) is 0. The number of nitrogens with zero attached hydrogens (tertiary/aromatic N) is 2. The van der Waals surface area contributed by atoms with Crippen LogP contribution in [0.1, 0.15) is 0 Å². The fourth-order valence-corrected chi connectivity index (χ4v) is 1.89. The molecule has 4 nitrogen and oxygen atoms in total. The minimum absolute atomic E-state index is 0.358. The number of benzene rings is 1. The van der Waals surface area contributed by atoms with E-state index in [2.05, 4.69) is 26.1 Å². The molecule has 3 N–H and O–H groups in total. The Morgan fingerprint density at radius 1 is 1.53 bits per heavy atom. The van der Waals surface area contributed by atoms with Crippen LogP contribution in [0, 0.1) is 4.77 Å². The van der Waals surface area contributed by atoms with Crippen molar-refractivity contribution < 1.29 is 0 Å². The number of nitrogens with two attached hydrogens (primary N) is 1. The lowest BCUT2D eigenvalue weighted by Gasteiger charge is -2.03. The zero-order valence-electron chi connectivity index (χ0n) is 7.37. The monoisotopic (exact) mass is 304 g/mol. The first-order valence-electron chi connectivity index (χ1n) is 3.97. The van der Waals surface area contributed by atoms with Crippen molar-refractivity contribution in [1.29, 1.82) is 0 Å². The van der Waals surface area contributed by atoms with Crippen LogP contribution < -0.4 is 5.84 Å². The van der Waals surface area contributed by atoms with Gasteiger partial charge in [-0.1, -0.05) is 27.5 Å². The molecule has 0 aliphatic carbocycles. The van der Waals surface area contributed by atoms with Crippen molar-refractivity contribution in [2.24, 2.45) is 0 Å². The number of hydrogen-bond acceptors (Lipinski definition) is 3. The summed E-state index contributed by atoms with van der Waals surface area (Å²) >= 11 is 14.2. The molecule has 0 spiro atoms. The number of hydrogen-bond donors (Lipinski definition) is 2. The summed E-state index contributed by atoms with van der Waals surface area (Å²) in [5, 5.41) is 7.24. The second-order valence-electron chi connectivity index (χ2n) is 2.85. The number of nitrogens with one attached hydrogen (secondary N) is 1. The summed E-state index contributed by atoms with van der Waals surface area (Å²) in [5.41, 5.74) is 0.789. The summed E-state index contributed by atoms with van der Waals surface area (Å²) in [6.07, 6.45) is 0. The number of nitrogen functional groups attached to an aromatic ring is 1. The summed E-state index contributed by atoms with van der Waals surface area (Å²) in [5.74, 6) is 6.24. The van der Waals surface area contributed by atoms with Crippen molar-refractivity contribution in [3.8, 4) is 11.4 Å². The molecule has 0 fully saturated rings. The number of halogens is 2. The largest absolute Gasteiger partial charge is 0.335 e. The fourth-order valence-electron chi connectivity index (χ4n) is 1.16. The molecule has 0 saturated carbocycles.